The highest BCUT2D eigenvalue weighted by molar-refractivity contribution is 7.96. The number of hydrogen-bond acceptors (Lipinski definition) is 3. The van der Waals surface area contributed by atoms with Crippen molar-refractivity contribution in [1.29, 1.82) is 0 Å². The van der Waals surface area contributed by atoms with Gasteiger partial charge >= 0.3 is 5.97 Å². The average molecular weight is 476 g/mol. The lowest BCUT2D eigenvalue weighted by atomic mass is 9.85. The van der Waals surface area contributed by atoms with Crippen LogP contribution >= 0.6 is 11.9 Å². The Morgan fingerprint density at radius 1 is 1.21 bits per heavy atom. The Morgan fingerprint density at radius 2 is 1.91 bits per heavy atom. The van der Waals surface area contributed by atoms with Crippen molar-refractivity contribution in [2.45, 2.75) is 66.2 Å². The summed E-state index contributed by atoms with van der Waals surface area (Å²) in [5.41, 5.74) is 6.98. The molecule has 0 saturated heterocycles. The fraction of sp³-hybridized carbons (Fsp3) is 0.444. The molecule has 1 N–H and O–H groups in total. The van der Waals surface area contributed by atoms with Crippen LogP contribution in [-0.2, 0) is 4.79 Å². The first kappa shape index (κ1) is 26.9. The molecule has 0 unspecified atom stereocenters. The lowest BCUT2D eigenvalue weighted by molar-refractivity contribution is -0.136. The van der Waals surface area contributed by atoms with Crippen molar-refractivity contribution in [3.63, 3.8) is 0 Å². The van der Waals surface area contributed by atoms with Crippen LogP contribution in [0.2, 0.25) is 0 Å². The molecular weight excluding hydrogens is 440 g/mol. The number of carboxylic acids is 1. The molecule has 0 fully saturated rings. The van der Waals surface area contributed by atoms with E-state index in [2.05, 4.69) is 19.1 Å². The third kappa shape index (κ3) is 7.07. The fourth-order valence-corrected chi connectivity index (χ4v) is 4.64. The molecule has 0 aliphatic heterocycles. The van der Waals surface area contributed by atoms with Gasteiger partial charge in [-0.15, -0.1) is 0 Å². The molecule has 0 amide bonds. The molecule has 0 aromatic carbocycles. The third-order valence-electron chi connectivity index (χ3n) is 6.34. The number of halogens is 2. The maximum atomic E-state index is 14.5. The van der Waals surface area contributed by atoms with Gasteiger partial charge in [-0.05, 0) is 85.6 Å². The maximum Gasteiger partial charge on any atom is 0.307 e. The van der Waals surface area contributed by atoms with E-state index in [0.717, 1.165) is 40.8 Å². The van der Waals surface area contributed by atoms with Crippen molar-refractivity contribution < 1.29 is 18.7 Å². The molecule has 0 radical (unpaired) electrons. The number of aliphatic carboxylic acids is 1. The number of hydrogen-bond donors (Lipinski definition) is 1. The summed E-state index contributed by atoms with van der Waals surface area (Å²) in [5, 5.41) is 9.73. The van der Waals surface area contributed by atoms with Gasteiger partial charge in [0, 0.05) is 31.8 Å². The number of carboxylic acid groups (broad SMARTS) is 1. The highest BCUT2D eigenvalue weighted by Gasteiger charge is 2.22. The topological polar surface area (TPSA) is 40.5 Å². The monoisotopic (exact) mass is 475 g/mol. The minimum Gasteiger partial charge on any atom is -0.481 e. The van der Waals surface area contributed by atoms with Gasteiger partial charge in [-0.1, -0.05) is 36.6 Å². The predicted molar refractivity (Wildman–Crippen MR) is 135 cm³/mol. The van der Waals surface area contributed by atoms with Crippen molar-refractivity contribution in [2.24, 2.45) is 0 Å². The van der Waals surface area contributed by atoms with Gasteiger partial charge in [-0.2, -0.15) is 0 Å². The number of allylic oxidation sites excluding steroid dienone is 12. The molecule has 0 spiro atoms. The fourth-order valence-electron chi connectivity index (χ4n) is 4.22. The van der Waals surface area contributed by atoms with Crippen LogP contribution in [0.5, 0.6) is 0 Å². The summed E-state index contributed by atoms with van der Waals surface area (Å²) in [6, 6.07) is 0. The molecule has 0 atom stereocenters. The summed E-state index contributed by atoms with van der Waals surface area (Å²) in [5.74, 6) is -1.69. The van der Waals surface area contributed by atoms with Gasteiger partial charge in [0.2, 0.25) is 0 Å². The van der Waals surface area contributed by atoms with Crippen LogP contribution in [0.4, 0.5) is 8.78 Å². The van der Waals surface area contributed by atoms with E-state index >= 15 is 0 Å². The predicted octanol–water partition coefficient (Wildman–Crippen LogP) is 8.14. The average Bonchev–Trinajstić information content (AvgIpc) is 2.90. The minimum absolute atomic E-state index is 0.0612. The first-order valence-electron chi connectivity index (χ1n) is 11.3. The Morgan fingerprint density at radius 3 is 2.45 bits per heavy atom. The summed E-state index contributed by atoms with van der Waals surface area (Å²) in [7, 11) is 1.90. The highest BCUT2D eigenvalue weighted by Crippen LogP contribution is 2.37. The SMILES string of the molecule is CC/C(C1=CC=C(C)CC1)=C(CC(=O)O)\C(C)=C(/CC1=C(C)C(F)=CCC(F)=C1)N(C)SC. The van der Waals surface area contributed by atoms with E-state index in [-0.39, 0.29) is 18.7 Å². The zero-order valence-corrected chi connectivity index (χ0v) is 21.3. The van der Waals surface area contributed by atoms with E-state index in [4.69, 9.17) is 0 Å². The van der Waals surface area contributed by atoms with E-state index in [0.29, 0.717) is 24.0 Å². The molecule has 3 nitrogen and oxygen atoms in total. The Bertz CT molecular complexity index is 1010. The van der Waals surface area contributed by atoms with Crippen LogP contribution in [0.15, 0.2) is 80.7 Å². The molecule has 33 heavy (non-hydrogen) atoms. The van der Waals surface area contributed by atoms with Crippen molar-refractivity contribution in [1.82, 2.24) is 4.31 Å². The van der Waals surface area contributed by atoms with Gasteiger partial charge in [0.25, 0.3) is 0 Å². The second-order valence-corrected chi connectivity index (χ2v) is 9.43. The van der Waals surface area contributed by atoms with E-state index < -0.39 is 11.8 Å². The molecule has 6 heteroatoms. The summed E-state index contributed by atoms with van der Waals surface area (Å²) >= 11 is 1.49. The Kier molecular flexibility index (Phi) is 9.96. The summed E-state index contributed by atoms with van der Waals surface area (Å²) in [6.07, 6.45) is 11.5. The molecule has 0 bridgehead atoms. The number of nitrogens with zero attached hydrogens (tertiary/aromatic N) is 1. The maximum absolute atomic E-state index is 14.5. The molecule has 0 aromatic heterocycles. The van der Waals surface area contributed by atoms with E-state index in [1.165, 1.54) is 29.7 Å². The summed E-state index contributed by atoms with van der Waals surface area (Å²) in [4.78, 5) is 11.9. The molecular formula is C27H35F2NO2S. The molecule has 180 valence electrons. The standard InChI is InChI=1S/C27H35F2NO2S/c1-7-23(20-10-8-17(2)9-11-20)24(16-27(31)32)19(4)26(30(5)33-6)15-21-14-22(28)12-13-25(29)18(21)3/h8,10,13-14H,7,9,11-12,15-16H2,1-6H3,(H,31,32)/b24-23+,26-19+. The number of carbonyl (C=O) groups is 1. The zero-order valence-electron chi connectivity index (χ0n) is 20.5. The van der Waals surface area contributed by atoms with Crippen LogP contribution in [-0.4, -0.2) is 28.7 Å². The molecule has 2 aliphatic carbocycles. The lowest BCUT2D eigenvalue weighted by Crippen LogP contribution is -2.15. The summed E-state index contributed by atoms with van der Waals surface area (Å²) < 4.78 is 30.7. The first-order valence-corrected chi connectivity index (χ1v) is 12.5. The van der Waals surface area contributed by atoms with Gasteiger partial charge in [0.15, 0.2) is 0 Å². The molecule has 0 saturated carbocycles. The van der Waals surface area contributed by atoms with Gasteiger partial charge in [0.05, 0.1) is 6.42 Å². The smallest absolute Gasteiger partial charge is 0.307 e. The van der Waals surface area contributed by atoms with Gasteiger partial charge in [0.1, 0.15) is 11.7 Å². The van der Waals surface area contributed by atoms with Crippen molar-refractivity contribution in [2.75, 3.05) is 13.3 Å². The second-order valence-electron chi connectivity index (χ2n) is 8.51. The second kappa shape index (κ2) is 12.2. The van der Waals surface area contributed by atoms with Crippen LogP contribution in [0, 0.1) is 0 Å². The van der Waals surface area contributed by atoms with Gasteiger partial charge in [-0.25, -0.2) is 8.78 Å². The van der Waals surface area contributed by atoms with Crippen molar-refractivity contribution in [3.8, 4) is 0 Å². The largest absolute Gasteiger partial charge is 0.481 e. The van der Waals surface area contributed by atoms with Crippen LogP contribution in [0.3, 0.4) is 0 Å². The van der Waals surface area contributed by atoms with E-state index in [1.54, 1.807) is 6.92 Å². The lowest BCUT2D eigenvalue weighted by Gasteiger charge is -2.27. The Balaban J connectivity index is 2.72. The highest BCUT2D eigenvalue weighted by atomic mass is 32.2. The van der Waals surface area contributed by atoms with Crippen LogP contribution < -0.4 is 0 Å². The van der Waals surface area contributed by atoms with Crippen LogP contribution in [0.25, 0.3) is 0 Å². The van der Waals surface area contributed by atoms with Gasteiger partial charge < -0.3 is 9.41 Å². The minimum atomic E-state index is -0.894. The van der Waals surface area contributed by atoms with Gasteiger partial charge in [-0.3, -0.25) is 4.79 Å². The van der Waals surface area contributed by atoms with E-state index in [9.17, 15) is 18.7 Å². The van der Waals surface area contributed by atoms with Crippen LogP contribution in [0.1, 0.15) is 66.2 Å². The quantitative estimate of drug-likeness (QED) is 0.270. The normalized spacial score (nSPS) is 18.4. The summed E-state index contributed by atoms with van der Waals surface area (Å²) in [6.45, 7) is 7.74. The van der Waals surface area contributed by atoms with Crippen molar-refractivity contribution in [3.05, 3.63) is 80.7 Å². The third-order valence-corrected chi connectivity index (χ3v) is 7.10. The Hall–Kier alpha value is -2.34. The molecule has 0 heterocycles. The Labute approximate surface area is 201 Å². The molecule has 2 rings (SSSR count). The first-order chi connectivity index (χ1) is 15.6. The zero-order chi connectivity index (χ0) is 24.7. The van der Waals surface area contributed by atoms with E-state index in [1.807, 2.05) is 31.5 Å². The van der Waals surface area contributed by atoms with Crippen molar-refractivity contribution >= 4 is 17.9 Å². The number of rotatable bonds is 9. The molecule has 2 aliphatic rings. The molecule has 0 aromatic rings.